The van der Waals surface area contributed by atoms with Crippen molar-refractivity contribution < 1.29 is 0 Å². The SMILES string of the molecule is C[C@H]1[C@H]2CCC3C4CC=C5C[C@@H](N(C)C)CC[C@]5(C)C4CC[C@@]32CN1C. The summed E-state index contributed by atoms with van der Waals surface area (Å²) in [6.45, 7) is 6.56. The number of hydrogen-bond donors (Lipinski definition) is 0. The molecule has 1 saturated heterocycles. The van der Waals surface area contributed by atoms with E-state index in [4.69, 9.17) is 0 Å². The monoisotopic (exact) mass is 356 g/mol. The lowest BCUT2D eigenvalue weighted by atomic mass is 9.47. The van der Waals surface area contributed by atoms with Crippen LogP contribution in [0.25, 0.3) is 0 Å². The Kier molecular flexibility index (Phi) is 3.98. The topological polar surface area (TPSA) is 6.48 Å². The molecule has 4 aliphatic carbocycles. The Hall–Kier alpha value is -0.340. The fourth-order valence-corrected chi connectivity index (χ4v) is 8.88. The smallest absolute Gasteiger partial charge is 0.0127 e. The normalized spacial score (nSPS) is 53.7. The molecule has 4 fully saturated rings. The van der Waals surface area contributed by atoms with Crippen LogP contribution in [0.1, 0.15) is 65.2 Å². The van der Waals surface area contributed by atoms with Crippen molar-refractivity contribution in [3.8, 4) is 0 Å². The average molecular weight is 357 g/mol. The second-order valence-electron chi connectivity index (χ2n) is 11.2. The van der Waals surface area contributed by atoms with Gasteiger partial charge in [0.25, 0.3) is 0 Å². The van der Waals surface area contributed by atoms with Crippen molar-refractivity contribution in [1.82, 2.24) is 9.80 Å². The maximum absolute atomic E-state index is 2.74. The van der Waals surface area contributed by atoms with Crippen LogP contribution in [0.3, 0.4) is 0 Å². The van der Waals surface area contributed by atoms with Crippen LogP contribution in [0.5, 0.6) is 0 Å². The standard InChI is InChI=1S/C24H40N2/c1-16-20-8-9-22-19-7-6-17-14-18(25(3)4)10-12-23(17,2)21(19)11-13-24(20,22)15-26(16)5/h6,16,18-22H,7-15H2,1-5H3/t16-,18-,19?,20+,21?,22?,23-,24-/m0/s1. The Morgan fingerprint density at radius 2 is 1.81 bits per heavy atom. The summed E-state index contributed by atoms with van der Waals surface area (Å²) < 4.78 is 0. The van der Waals surface area contributed by atoms with E-state index in [0.29, 0.717) is 10.8 Å². The van der Waals surface area contributed by atoms with Crippen molar-refractivity contribution in [3.05, 3.63) is 11.6 Å². The molecular formula is C24H40N2. The first-order chi connectivity index (χ1) is 12.4. The second kappa shape index (κ2) is 5.83. The van der Waals surface area contributed by atoms with E-state index in [0.717, 1.165) is 35.8 Å². The lowest BCUT2D eigenvalue weighted by Gasteiger charge is -2.58. The van der Waals surface area contributed by atoms with E-state index >= 15 is 0 Å². The van der Waals surface area contributed by atoms with Crippen LogP contribution in [-0.4, -0.2) is 49.6 Å². The Bertz CT molecular complexity index is 609. The molecule has 0 aromatic carbocycles. The number of hydrogen-bond acceptors (Lipinski definition) is 2. The summed E-state index contributed by atoms with van der Waals surface area (Å²) in [6.07, 6.45) is 14.4. The molecule has 1 aliphatic heterocycles. The van der Waals surface area contributed by atoms with Gasteiger partial charge in [0.05, 0.1) is 0 Å². The first kappa shape index (κ1) is 17.7. The highest BCUT2D eigenvalue weighted by molar-refractivity contribution is 5.26. The molecule has 26 heavy (non-hydrogen) atoms. The largest absolute Gasteiger partial charge is 0.306 e. The number of rotatable bonds is 1. The quantitative estimate of drug-likeness (QED) is 0.622. The summed E-state index contributed by atoms with van der Waals surface area (Å²) in [5, 5.41) is 0. The Labute approximate surface area is 161 Å². The van der Waals surface area contributed by atoms with Crippen molar-refractivity contribution >= 4 is 0 Å². The summed E-state index contributed by atoms with van der Waals surface area (Å²) in [7, 11) is 6.95. The molecule has 1 heterocycles. The van der Waals surface area contributed by atoms with Crippen molar-refractivity contribution in [2.24, 2.45) is 34.5 Å². The maximum Gasteiger partial charge on any atom is 0.0127 e. The molecule has 2 heteroatoms. The van der Waals surface area contributed by atoms with E-state index in [1.807, 2.05) is 5.57 Å². The van der Waals surface area contributed by atoms with Crippen molar-refractivity contribution in [2.45, 2.75) is 77.3 Å². The van der Waals surface area contributed by atoms with Gasteiger partial charge in [-0.05, 0) is 114 Å². The Morgan fingerprint density at radius 1 is 1.04 bits per heavy atom. The molecule has 8 atom stereocenters. The summed E-state index contributed by atoms with van der Waals surface area (Å²) >= 11 is 0. The fourth-order valence-electron chi connectivity index (χ4n) is 8.88. The van der Waals surface area contributed by atoms with E-state index in [1.165, 1.54) is 57.9 Å². The number of fused-ring (bicyclic) bond motifs is 4. The van der Waals surface area contributed by atoms with Gasteiger partial charge in [0.1, 0.15) is 0 Å². The summed E-state index contributed by atoms with van der Waals surface area (Å²) in [6, 6.07) is 1.60. The maximum atomic E-state index is 2.74. The van der Waals surface area contributed by atoms with E-state index in [2.05, 4.69) is 50.9 Å². The number of nitrogens with zero attached hydrogens (tertiary/aromatic N) is 2. The molecule has 0 radical (unpaired) electrons. The molecular weight excluding hydrogens is 316 g/mol. The van der Waals surface area contributed by atoms with Gasteiger partial charge in [-0.1, -0.05) is 18.6 Å². The zero-order chi connectivity index (χ0) is 18.3. The van der Waals surface area contributed by atoms with Crippen molar-refractivity contribution in [1.29, 1.82) is 0 Å². The second-order valence-corrected chi connectivity index (χ2v) is 11.2. The van der Waals surface area contributed by atoms with Gasteiger partial charge < -0.3 is 9.80 Å². The van der Waals surface area contributed by atoms with Gasteiger partial charge in [0.2, 0.25) is 0 Å². The zero-order valence-electron chi connectivity index (χ0n) is 17.8. The molecule has 3 unspecified atom stereocenters. The molecule has 0 aromatic rings. The molecule has 5 rings (SSSR count). The molecule has 2 nitrogen and oxygen atoms in total. The molecule has 146 valence electrons. The highest BCUT2D eigenvalue weighted by Crippen LogP contribution is 2.68. The molecule has 0 bridgehead atoms. The minimum Gasteiger partial charge on any atom is -0.306 e. The van der Waals surface area contributed by atoms with E-state index in [-0.39, 0.29) is 0 Å². The van der Waals surface area contributed by atoms with E-state index < -0.39 is 0 Å². The first-order valence-corrected chi connectivity index (χ1v) is 11.4. The number of allylic oxidation sites excluding steroid dienone is 1. The third-order valence-electron chi connectivity index (χ3n) is 10.4. The van der Waals surface area contributed by atoms with Gasteiger partial charge in [-0.15, -0.1) is 0 Å². The van der Waals surface area contributed by atoms with Gasteiger partial charge in [-0.25, -0.2) is 0 Å². The predicted octanol–water partition coefficient (Wildman–Crippen LogP) is 4.81. The first-order valence-electron chi connectivity index (χ1n) is 11.4. The van der Waals surface area contributed by atoms with Gasteiger partial charge in [0, 0.05) is 18.6 Å². The van der Waals surface area contributed by atoms with Crippen LogP contribution in [0.15, 0.2) is 11.6 Å². The summed E-state index contributed by atoms with van der Waals surface area (Å²) in [5.41, 5.74) is 3.04. The van der Waals surface area contributed by atoms with Gasteiger partial charge in [-0.3, -0.25) is 0 Å². The molecule has 5 aliphatic rings. The molecule has 0 amide bonds. The van der Waals surface area contributed by atoms with Crippen molar-refractivity contribution in [2.75, 3.05) is 27.7 Å². The molecule has 0 aromatic heterocycles. The third-order valence-corrected chi connectivity index (χ3v) is 10.4. The Balaban J connectivity index is 1.45. The lowest BCUT2D eigenvalue weighted by molar-refractivity contribution is -0.0430. The summed E-state index contributed by atoms with van der Waals surface area (Å²) in [5.74, 6) is 3.96. The fraction of sp³-hybridized carbons (Fsp3) is 0.917. The van der Waals surface area contributed by atoms with E-state index in [9.17, 15) is 0 Å². The zero-order valence-corrected chi connectivity index (χ0v) is 17.8. The Morgan fingerprint density at radius 3 is 2.58 bits per heavy atom. The van der Waals surface area contributed by atoms with Crippen LogP contribution in [0.2, 0.25) is 0 Å². The third kappa shape index (κ3) is 2.18. The highest BCUT2D eigenvalue weighted by Gasteiger charge is 2.63. The predicted molar refractivity (Wildman–Crippen MR) is 109 cm³/mol. The summed E-state index contributed by atoms with van der Waals surface area (Å²) in [4.78, 5) is 5.17. The average Bonchev–Trinajstić information content (AvgIpc) is 3.08. The van der Waals surface area contributed by atoms with Crippen molar-refractivity contribution in [3.63, 3.8) is 0 Å². The highest BCUT2D eigenvalue weighted by atomic mass is 15.2. The van der Waals surface area contributed by atoms with Crippen LogP contribution in [-0.2, 0) is 0 Å². The molecule has 0 N–H and O–H groups in total. The van der Waals surface area contributed by atoms with Gasteiger partial charge in [-0.2, -0.15) is 0 Å². The van der Waals surface area contributed by atoms with E-state index in [1.54, 1.807) is 0 Å². The minimum atomic E-state index is 0.519. The minimum absolute atomic E-state index is 0.519. The van der Waals surface area contributed by atoms with Crippen LogP contribution in [0, 0.1) is 34.5 Å². The lowest BCUT2D eigenvalue weighted by Crippen LogP contribution is -2.52. The number of likely N-dealkylation sites (tertiary alicyclic amines) is 1. The van der Waals surface area contributed by atoms with Crippen LogP contribution in [0.4, 0.5) is 0 Å². The van der Waals surface area contributed by atoms with Gasteiger partial charge >= 0.3 is 0 Å². The van der Waals surface area contributed by atoms with Gasteiger partial charge in [0.15, 0.2) is 0 Å². The molecule has 3 saturated carbocycles. The molecule has 1 spiro atoms. The van der Waals surface area contributed by atoms with Crippen LogP contribution < -0.4 is 0 Å². The van der Waals surface area contributed by atoms with Crippen LogP contribution >= 0.6 is 0 Å².